The number of likely N-dealkylation sites (tertiary alicyclic amines) is 1. The molecular formula is C21H19NO4. The fraction of sp³-hybridized carbons (Fsp3) is 0.333. The number of aliphatic carboxylic acids is 1. The fourth-order valence-corrected chi connectivity index (χ4v) is 4.57. The molecule has 3 aliphatic rings. The number of nitrogens with zero attached hydrogens (tertiary/aromatic N) is 1. The van der Waals surface area contributed by atoms with Gasteiger partial charge in [-0.1, -0.05) is 48.5 Å². The molecule has 1 N–H and O–H groups in total. The molecule has 0 radical (unpaired) electrons. The molecule has 5 rings (SSSR count). The van der Waals surface area contributed by atoms with E-state index in [1.54, 1.807) is 0 Å². The third kappa shape index (κ3) is 2.09. The van der Waals surface area contributed by atoms with Crippen molar-refractivity contribution in [2.45, 2.75) is 24.8 Å². The average Bonchev–Trinajstić information content (AvgIpc) is 3.37. The predicted octanol–water partition coefficient (Wildman–Crippen LogP) is 3.48. The number of rotatable bonds is 3. The number of ether oxygens (including phenoxy) is 1. The zero-order valence-corrected chi connectivity index (χ0v) is 14.2. The maximum atomic E-state index is 12.5. The molecule has 1 heterocycles. The molecule has 1 aliphatic heterocycles. The molecule has 1 saturated carbocycles. The van der Waals surface area contributed by atoms with Crippen LogP contribution in [0.15, 0.2) is 48.5 Å². The summed E-state index contributed by atoms with van der Waals surface area (Å²) in [6.07, 6.45) is 1.26. The van der Waals surface area contributed by atoms with Crippen molar-refractivity contribution in [1.29, 1.82) is 0 Å². The Morgan fingerprint density at radius 2 is 1.62 bits per heavy atom. The number of carboxylic acid groups (broad SMARTS) is 1. The van der Waals surface area contributed by atoms with E-state index in [2.05, 4.69) is 24.3 Å². The Morgan fingerprint density at radius 3 is 2.15 bits per heavy atom. The molecule has 0 aromatic heterocycles. The van der Waals surface area contributed by atoms with Crippen LogP contribution in [0.25, 0.3) is 11.1 Å². The van der Waals surface area contributed by atoms with Crippen LogP contribution in [-0.4, -0.2) is 41.3 Å². The molecule has 1 unspecified atom stereocenters. The number of amides is 1. The van der Waals surface area contributed by atoms with Crippen molar-refractivity contribution >= 4 is 12.1 Å². The molecule has 1 saturated heterocycles. The Bertz CT molecular complexity index is 872. The Morgan fingerprint density at radius 1 is 1.04 bits per heavy atom. The third-order valence-corrected chi connectivity index (χ3v) is 6.07. The number of benzene rings is 2. The van der Waals surface area contributed by atoms with Crippen molar-refractivity contribution in [1.82, 2.24) is 4.90 Å². The van der Waals surface area contributed by atoms with Crippen molar-refractivity contribution in [3.8, 4) is 11.1 Å². The summed E-state index contributed by atoms with van der Waals surface area (Å²) in [5, 5.41) is 9.42. The van der Waals surface area contributed by atoms with Crippen LogP contribution in [0.4, 0.5) is 4.79 Å². The molecular weight excluding hydrogens is 330 g/mol. The van der Waals surface area contributed by atoms with Gasteiger partial charge in [0.25, 0.3) is 0 Å². The lowest BCUT2D eigenvalue weighted by Crippen LogP contribution is -2.63. The highest BCUT2D eigenvalue weighted by molar-refractivity contribution is 5.84. The number of fused-ring (bicyclic) bond motifs is 3. The molecule has 5 heteroatoms. The molecule has 2 aromatic carbocycles. The van der Waals surface area contributed by atoms with Crippen molar-refractivity contribution in [2.75, 3.05) is 13.2 Å². The van der Waals surface area contributed by atoms with E-state index in [1.165, 1.54) is 16.0 Å². The zero-order chi connectivity index (χ0) is 17.9. The first-order valence-electron chi connectivity index (χ1n) is 8.95. The third-order valence-electron chi connectivity index (χ3n) is 6.07. The smallest absolute Gasteiger partial charge is 0.410 e. The highest BCUT2D eigenvalue weighted by atomic mass is 16.6. The molecule has 0 bridgehead atoms. The summed E-state index contributed by atoms with van der Waals surface area (Å²) in [6, 6.07) is 15.6. The van der Waals surface area contributed by atoms with Gasteiger partial charge in [0.05, 0.1) is 0 Å². The zero-order valence-electron chi connectivity index (χ0n) is 14.2. The number of carbonyl (C=O) groups excluding carboxylic acids is 1. The number of carbonyl (C=O) groups is 2. The molecule has 2 fully saturated rings. The van der Waals surface area contributed by atoms with Gasteiger partial charge in [0.2, 0.25) is 0 Å². The maximum Gasteiger partial charge on any atom is 0.410 e. The van der Waals surface area contributed by atoms with E-state index in [0.717, 1.165) is 24.0 Å². The van der Waals surface area contributed by atoms with E-state index >= 15 is 0 Å². The van der Waals surface area contributed by atoms with E-state index in [0.29, 0.717) is 6.54 Å². The second kappa shape index (κ2) is 5.34. The molecule has 1 atom stereocenters. The monoisotopic (exact) mass is 349 g/mol. The molecule has 1 amide bonds. The van der Waals surface area contributed by atoms with E-state index in [4.69, 9.17) is 4.74 Å². The highest BCUT2D eigenvalue weighted by Crippen LogP contribution is 2.58. The van der Waals surface area contributed by atoms with Gasteiger partial charge in [0.15, 0.2) is 0 Å². The number of hydrogen-bond acceptors (Lipinski definition) is 3. The van der Waals surface area contributed by atoms with Gasteiger partial charge in [-0.15, -0.1) is 0 Å². The minimum Gasteiger partial charge on any atom is -0.480 e. The first kappa shape index (κ1) is 15.4. The summed E-state index contributed by atoms with van der Waals surface area (Å²) in [7, 11) is 0. The summed E-state index contributed by atoms with van der Waals surface area (Å²) >= 11 is 0. The van der Waals surface area contributed by atoms with Gasteiger partial charge in [0, 0.05) is 17.9 Å². The van der Waals surface area contributed by atoms with Crippen LogP contribution >= 0.6 is 0 Å². The van der Waals surface area contributed by atoms with E-state index in [-0.39, 0.29) is 17.9 Å². The SMILES string of the molecule is O=C(O)C1N(C(=O)OCC2c3ccccc3-c3ccccc32)CC12CC2. The van der Waals surface area contributed by atoms with Gasteiger partial charge in [-0.05, 0) is 35.1 Å². The normalized spacial score (nSPS) is 21.7. The van der Waals surface area contributed by atoms with Crippen LogP contribution in [0.5, 0.6) is 0 Å². The summed E-state index contributed by atoms with van der Waals surface area (Å²) < 4.78 is 5.57. The van der Waals surface area contributed by atoms with E-state index < -0.39 is 18.1 Å². The quantitative estimate of drug-likeness (QED) is 0.921. The fourth-order valence-electron chi connectivity index (χ4n) is 4.57. The Labute approximate surface area is 151 Å². The van der Waals surface area contributed by atoms with Crippen LogP contribution in [0.1, 0.15) is 29.9 Å². The lowest BCUT2D eigenvalue weighted by atomic mass is 9.85. The van der Waals surface area contributed by atoms with Gasteiger partial charge < -0.3 is 9.84 Å². The second-order valence-corrected chi connectivity index (χ2v) is 7.54. The number of hydrogen-bond donors (Lipinski definition) is 1. The predicted molar refractivity (Wildman–Crippen MR) is 94.9 cm³/mol. The summed E-state index contributed by atoms with van der Waals surface area (Å²) in [5.41, 5.74) is 4.47. The molecule has 26 heavy (non-hydrogen) atoms. The van der Waals surface area contributed by atoms with Crippen molar-refractivity contribution < 1.29 is 19.4 Å². The minimum atomic E-state index is -0.928. The highest BCUT2D eigenvalue weighted by Gasteiger charge is 2.65. The van der Waals surface area contributed by atoms with Crippen molar-refractivity contribution in [3.05, 3.63) is 59.7 Å². The Hall–Kier alpha value is -2.82. The summed E-state index contributed by atoms with van der Waals surface area (Å²) in [5.74, 6) is -0.937. The van der Waals surface area contributed by atoms with Crippen LogP contribution in [-0.2, 0) is 9.53 Å². The van der Waals surface area contributed by atoms with Gasteiger partial charge >= 0.3 is 12.1 Å². The van der Waals surface area contributed by atoms with Gasteiger partial charge in [0.1, 0.15) is 12.6 Å². The van der Waals surface area contributed by atoms with E-state index in [1.807, 2.05) is 24.3 Å². The average molecular weight is 349 g/mol. The lowest BCUT2D eigenvalue weighted by Gasteiger charge is -2.45. The van der Waals surface area contributed by atoms with Crippen molar-refractivity contribution in [3.63, 3.8) is 0 Å². The molecule has 2 aromatic rings. The maximum absolute atomic E-state index is 12.5. The first-order chi connectivity index (χ1) is 12.6. The van der Waals surface area contributed by atoms with E-state index in [9.17, 15) is 14.7 Å². The summed E-state index contributed by atoms with van der Waals surface area (Å²) in [4.78, 5) is 25.3. The van der Waals surface area contributed by atoms with Crippen LogP contribution in [0.2, 0.25) is 0 Å². The van der Waals surface area contributed by atoms with Gasteiger partial charge in [-0.2, -0.15) is 0 Å². The molecule has 132 valence electrons. The lowest BCUT2D eigenvalue weighted by molar-refractivity contribution is -0.153. The van der Waals surface area contributed by atoms with Crippen LogP contribution in [0, 0.1) is 5.41 Å². The molecule has 2 aliphatic carbocycles. The second-order valence-electron chi connectivity index (χ2n) is 7.54. The topological polar surface area (TPSA) is 66.8 Å². The molecule has 5 nitrogen and oxygen atoms in total. The van der Waals surface area contributed by atoms with Crippen LogP contribution < -0.4 is 0 Å². The Balaban J connectivity index is 1.34. The minimum absolute atomic E-state index is 0.00853. The van der Waals surface area contributed by atoms with Gasteiger partial charge in [-0.3, -0.25) is 4.90 Å². The van der Waals surface area contributed by atoms with Crippen molar-refractivity contribution in [2.24, 2.45) is 5.41 Å². The molecule has 1 spiro atoms. The number of carboxylic acids is 1. The Kier molecular flexibility index (Phi) is 3.17. The summed E-state index contributed by atoms with van der Waals surface area (Å²) in [6.45, 7) is 0.726. The standard InChI is InChI=1S/C21H19NO4/c23-19(24)18-21(9-10-21)12-22(18)20(25)26-11-17-15-7-3-1-5-13(15)14-6-2-4-8-16(14)17/h1-8,17-18H,9-12H2,(H,23,24). The van der Waals surface area contributed by atoms with Crippen LogP contribution in [0.3, 0.4) is 0 Å². The largest absolute Gasteiger partial charge is 0.480 e. The van der Waals surface area contributed by atoms with Gasteiger partial charge in [-0.25, -0.2) is 9.59 Å². The first-order valence-corrected chi connectivity index (χ1v) is 8.95.